The zero-order valence-corrected chi connectivity index (χ0v) is 7.23. The number of primary amides is 2. The van der Waals surface area contributed by atoms with Crippen LogP contribution in [-0.4, -0.2) is 28.8 Å². The molecule has 0 fully saturated rings. The molecule has 76 valence electrons. The summed E-state index contributed by atoms with van der Waals surface area (Å²) in [6.07, 6.45) is -0.205. The van der Waals surface area contributed by atoms with E-state index < -0.39 is 23.6 Å². The summed E-state index contributed by atoms with van der Waals surface area (Å²) in [6, 6.07) is -0.880. The van der Waals surface area contributed by atoms with E-state index in [0.29, 0.717) is 0 Å². The molecule has 1 rings (SSSR count). The molecular weight excluding hydrogens is 188 g/mol. The molecule has 1 atom stereocenters. The van der Waals surface area contributed by atoms with Crippen molar-refractivity contribution >= 4 is 17.6 Å². The fraction of sp³-hybridized carbons (Fsp3) is 0.286. The van der Waals surface area contributed by atoms with Crippen LogP contribution in [0.3, 0.4) is 0 Å². The second-order valence-corrected chi connectivity index (χ2v) is 2.83. The Kier molecular flexibility index (Phi) is 2.41. The van der Waals surface area contributed by atoms with Gasteiger partial charge in [-0.15, -0.1) is 0 Å². The number of aliphatic imine (C=N–C) groups is 1. The third-order valence-electron chi connectivity index (χ3n) is 1.76. The highest BCUT2D eigenvalue weighted by molar-refractivity contribution is 6.21. The van der Waals surface area contributed by atoms with E-state index in [2.05, 4.69) is 4.99 Å². The molecule has 14 heavy (non-hydrogen) atoms. The third-order valence-corrected chi connectivity index (χ3v) is 1.76. The first-order chi connectivity index (χ1) is 6.43. The van der Waals surface area contributed by atoms with Gasteiger partial charge in [-0.3, -0.25) is 14.6 Å². The van der Waals surface area contributed by atoms with E-state index in [-0.39, 0.29) is 17.8 Å². The summed E-state index contributed by atoms with van der Waals surface area (Å²) in [5, 5.41) is 9.41. The normalized spacial score (nSPS) is 20.9. The van der Waals surface area contributed by atoms with Gasteiger partial charge in [-0.05, 0) is 0 Å². The fourth-order valence-corrected chi connectivity index (χ4v) is 1.18. The molecule has 7 nitrogen and oxygen atoms in total. The third kappa shape index (κ3) is 1.65. The van der Waals surface area contributed by atoms with Gasteiger partial charge < -0.3 is 22.3 Å². The van der Waals surface area contributed by atoms with Gasteiger partial charge in [-0.25, -0.2) is 0 Å². The fourth-order valence-electron chi connectivity index (χ4n) is 1.18. The van der Waals surface area contributed by atoms with E-state index in [9.17, 15) is 14.7 Å². The van der Waals surface area contributed by atoms with E-state index in [1.54, 1.807) is 0 Å². The van der Waals surface area contributed by atoms with Gasteiger partial charge in [0.2, 0.25) is 5.91 Å². The van der Waals surface area contributed by atoms with Crippen LogP contribution in [-0.2, 0) is 9.59 Å². The Morgan fingerprint density at radius 2 is 2.00 bits per heavy atom. The SMILES string of the molecule is NC(=O)C[C@@H]1N=C(N)C(C(N)=O)=C1O. The Hall–Kier alpha value is -2.05. The van der Waals surface area contributed by atoms with E-state index >= 15 is 0 Å². The topological polar surface area (TPSA) is 145 Å². The summed E-state index contributed by atoms with van der Waals surface area (Å²) in [6.45, 7) is 0. The summed E-state index contributed by atoms with van der Waals surface area (Å²) < 4.78 is 0. The number of amides is 2. The highest BCUT2D eigenvalue weighted by atomic mass is 16.3. The molecule has 0 aromatic rings. The number of hydrogen-bond donors (Lipinski definition) is 4. The zero-order valence-electron chi connectivity index (χ0n) is 7.23. The summed E-state index contributed by atoms with van der Waals surface area (Å²) in [7, 11) is 0. The van der Waals surface area contributed by atoms with Gasteiger partial charge in [0, 0.05) is 0 Å². The van der Waals surface area contributed by atoms with Crippen LogP contribution >= 0.6 is 0 Å². The quantitative estimate of drug-likeness (QED) is 0.411. The first-order valence-electron chi connectivity index (χ1n) is 3.78. The zero-order chi connectivity index (χ0) is 10.9. The van der Waals surface area contributed by atoms with Crippen molar-refractivity contribution in [1.82, 2.24) is 0 Å². The molecule has 0 spiro atoms. The minimum absolute atomic E-state index is 0.166. The number of carbonyl (C=O) groups is 2. The lowest BCUT2D eigenvalue weighted by atomic mass is 10.1. The number of nitrogens with zero attached hydrogens (tertiary/aromatic N) is 1. The molecule has 1 heterocycles. The maximum absolute atomic E-state index is 10.8. The van der Waals surface area contributed by atoms with Crippen molar-refractivity contribution in [3.05, 3.63) is 11.3 Å². The summed E-state index contributed by atoms with van der Waals surface area (Å²) in [4.78, 5) is 25.0. The van der Waals surface area contributed by atoms with Gasteiger partial charge in [-0.2, -0.15) is 0 Å². The average Bonchev–Trinajstić information content (AvgIpc) is 2.25. The summed E-state index contributed by atoms with van der Waals surface area (Å²) in [5.74, 6) is -2.09. The van der Waals surface area contributed by atoms with Crippen molar-refractivity contribution in [2.75, 3.05) is 0 Å². The van der Waals surface area contributed by atoms with Crippen LogP contribution in [0.15, 0.2) is 16.3 Å². The van der Waals surface area contributed by atoms with Crippen LogP contribution < -0.4 is 17.2 Å². The first kappa shape index (κ1) is 10.0. The van der Waals surface area contributed by atoms with Crippen molar-refractivity contribution < 1.29 is 14.7 Å². The van der Waals surface area contributed by atoms with Gasteiger partial charge in [0.15, 0.2) is 0 Å². The number of hydrogen-bond acceptors (Lipinski definition) is 5. The average molecular weight is 198 g/mol. The molecule has 2 amide bonds. The van der Waals surface area contributed by atoms with Crippen molar-refractivity contribution in [2.45, 2.75) is 12.5 Å². The largest absolute Gasteiger partial charge is 0.509 e. The van der Waals surface area contributed by atoms with E-state index in [1.807, 2.05) is 0 Å². The second-order valence-electron chi connectivity index (χ2n) is 2.83. The monoisotopic (exact) mass is 198 g/mol. The van der Waals surface area contributed by atoms with Crippen molar-refractivity contribution in [3.8, 4) is 0 Å². The second kappa shape index (κ2) is 3.36. The summed E-state index contributed by atoms with van der Waals surface area (Å²) in [5.41, 5.74) is 14.9. The number of aliphatic hydroxyl groups excluding tert-OH is 1. The lowest BCUT2D eigenvalue weighted by Gasteiger charge is -2.03. The predicted octanol–water partition coefficient (Wildman–Crippen LogP) is -2.10. The molecule has 7 N–H and O–H groups in total. The number of aliphatic hydroxyl groups is 1. The molecule has 0 radical (unpaired) electrons. The number of nitrogens with two attached hydrogens (primary N) is 3. The molecule has 1 aliphatic rings. The Morgan fingerprint density at radius 3 is 2.36 bits per heavy atom. The van der Waals surface area contributed by atoms with Crippen LogP contribution in [0.2, 0.25) is 0 Å². The van der Waals surface area contributed by atoms with Crippen molar-refractivity contribution in [1.29, 1.82) is 0 Å². The Morgan fingerprint density at radius 1 is 1.43 bits per heavy atom. The van der Waals surface area contributed by atoms with Crippen LogP contribution in [0, 0.1) is 0 Å². The standard InChI is InChI=1S/C7H10N4O3/c8-3(12)1-2-5(13)4(7(10)14)6(9)11-2/h2,13H,1H2,(H2,8,12)(H2,9,11)(H2,10,14)/t2-/m0/s1. The maximum atomic E-state index is 10.8. The van der Waals surface area contributed by atoms with Crippen LogP contribution in [0.25, 0.3) is 0 Å². The van der Waals surface area contributed by atoms with Crippen LogP contribution in [0.5, 0.6) is 0 Å². The molecule has 7 heteroatoms. The minimum Gasteiger partial charge on any atom is -0.509 e. The van der Waals surface area contributed by atoms with Gasteiger partial charge >= 0.3 is 0 Å². The highest BCUT2D eigenvalue weighted by Gasteiger charge is 2.30. The molecule has 0 aromatic carbocycles. The molecule has 0 saturated heterocycles. The van der Waals surface area contributed by atoms with Crippen LogP contribution in [0.4, 0.5) is 0 Å². The Balaban J connectivity index is 2.97. The highest BCUT2D eigenvalue weighted by Crippen LogP contribution is 2.19. The maximum Gasteiger partial charge on any atom is 0.255 e. The van der Waals surface area contributed by atoms with Crippen LogP contribution in [0.1, 0.15) is 6.42 Å². The van der Waals surface area contributed by atoms with Gasteiger partial charge in [0.25, 0.3) is 5.91 Å². The van der Waals surface area contributed by atoms with Gasteiger partial charge in [0.1, 0.15) is 23.2 Å². The Bertz CT molecular complexity index is 358. The van der Waals surface area contributed by atoms with Gasteiger partial charge in [-0.1, -0.05) is 0 Å². The van der Waals surface area contributed by atoms with Crippen molar-refractivity contribution in [2.24, 2.45) is 22.2 Å². The van der Waals surface area contributed by atoms with E-state index in [4.69, 9.17) is 17.2 Å². The predicted molar refractivity (Wildman–Crippen MR) is 48.1 cm³/mol. The molecule has 0 aromatic heterocycles. The number of amidine groups is 1. The van der Waals surface area contributed by atoms with E-state index in [1.165, 1.54) is 0 Å². The number of rotatable bonds is 3. The molecule has 0 bridgehead atoms. The van der Waals surface area contributed by atoms with Gasteiger partial charge in [0.05, 0.1) is 6.42 Å². The minimum atomic E-state index is -0.880. The molecule has 0 saturated carbocycles. The summed E-state index contributed by atoms with van der Waals surface area (Å²) >= 11 is 0. The molecule has 1 aliphatic heterocycles. The van der Waals surface area contributed by atoms with E-state index in [0.717, 1.165) is 0 Å². The number of carbonyl (C=O) groups excluding carboxylic acids is 2. The molecule has 0 unspecified atom stereocenters. The molecule has 0 aliphatic carbocycles. The first-order valence-corrected chi connectivity index (χ1v) is 3.78. The Labute approximate surface area is 79.3 Å². The molecular formula is C7H10N4O3. The lowest BCUT2D eigenvalue weighted by Crippen LogP contribution is -2.25. The van der Waals surface area contributed by atoms with Crippen molar-refractivity contribution in [3.63, 3.8) is 0 Å². The smallest absolute Gasteiger partial charge is 0.255 e. The lowest BCUT2D eigenvalue weighted by molar-refractivity contribution is -0.118.